The minimum Gasteiger partial charge on any atom is -0.459 e. The molecule has 0 saturated carbocycles. The second-order valence-electron chi connectivity index (χ2n) is 5.58. The monoisotopic (exact) mass is 277 g/mol. The van der Waals surface area contributed by atoms with Crippen molar-refractivity contribution >= 4 is 17.3 Å². The minimum atomic E-state index is -0.282. The van der Waals surface area contributed by atoms with Crippen LogP contribution in [0.15, 0.2) is 18.2 Å². The summed E-state index contributed by atoms with van der Waals surface area (Å²) >= 11 is 0. The molecule has 5 nitrogen and oxygen atoms in total. The number of carbonyl (C=O) groups excluding carboxylic acids is 1. The van der Waals surface area contributed by atoms with E-state index in [1.807, 2.05) is 25.1 Å². The topological polar surface area (TPSA) is 58.8 Å². The van der Waals surface area contributed by atoms with Crippen molar-refractivity contribution < 1.29 is 9.53 Å². The highest BCUT2D eigenvalue weighted by molar-refractivity contribution is 5.97. The molecule has 0 aliphatic carbocycles. The molecule has 1 aliphatic heterocycles. The fourth-order valence-corrected chi connectivity index (χ4v) is 2.42. The largest absolute Gasteiger partial charge is 0.459 e. The molecule has 1 fully saturated rings. The van der Waals surface area contributed by atoms with E-state index in [2.05, 4.69) is 11.9 Å². The van der Waals surface area contributed by atoms with Gasteiger partial charge >= 0.3 is 5.97 Å². The highest BCUT2D eigenvalue weighted by Crippen LogP contribution is 2.24. The summed E-state index contributed by atoms with van der Waals surface area (Å²) in [7, 11) is 5.88. The number of anilines is 2. The van der Waals surface area contributed by atoms with Gasteiger partial charge in [0.15, 0.2) is 0 Å². The Labute approximate surface area is 120 Å². The smallest absolute Gasteiger partial charge is 0.340 e. The lowest BCUT2D eigenvalue weighted by Crippen LogP contribution is -2.35. The fourth-order valence-electron chi connectivity index (χ4n) is 2.42. The molecule has 0 spiro atoms. The average Bonchev–Trinajstić information content (AvgIpc) is 2.41. The van der Waals surface area contributed by atoms with E-state index >= 15 is 0 Å². The van der Waals surface area contributed by atoms with Crippen LogP contribution in [-0.2, 0) is 4.74 Å². The molecule has 110 valence electrons. The molecule has 0 atom stereocenters. The van der Waals surface area contributed by atoms with Gasteiger partial charge in [0.25, 0.3) is 0 Å². The molecule has 0 radical (unpaired) electrons. The maximum Gasteiger partial charge on any atom is 0.340 e. The van der Waals surface area contributed by atoms with E-state index in [0.717, 1.165) is 31.6 Å². The lowest BCUT2D eigenvalue weighted by molar-refractivity contribution is 0.0140. The number of nitrogens with two attached hydrogens (primary N) is 1. The molecule has 0 aromatic heterocycles. The Morgan fingerprint density at radius 3 is 2.60 bits per heavy atom. The Hall–Kier alpha value is -1.75. The summed E-state index contributed by atoms with van der Waals surface area (Å²) in [6, 6.07) is 5.33. The van der Waals surface area contributed by atoms with E-state index in [1.54, 1.807) is 12.1 Å². The minimum absolute atomic E-state index is 0.00939. The van der Waals surface area contributed by atoms with Crippen molar-refractivity contribution in [3.63, 3.8) is 0 Å². The first-order valence-corrected chi connectivity index (χ1v) is 6.93. The molecule has 20 heavy (non-hydrogen) atoms. The van der Waals surface area contributed by atoms with Gasteiger partial charge in [-0.15, -0.1) is 0 Å². The van der Waals surface area contributed by atoms with Crippen LogP contribution in [0.25, 0.3) is 0 Å². The quantitative estimate of drug-likeness (QED) is 0.671. The highest BCUT2D eigenvalue weighted by atomic mass is 16.5. The van der Waals surface area contributed by atoms with Crippen LogP contribution in [0.5, 0.6) is 0 Å². The Morgan fingerprint density at radius 2 is 2.00 bits per heavy atom. The van der Waals surface area contributed by atoms with Crippen LogP contribution in [-0.4, -0.2) is 51.2 Å². The van der Waals surface area contributed by atoms with Crippen LogP contribution < -0.4 is 10.6 Å². The highest BCUT2D eigenvalue weighted by Gasteiger charge is 2.23. The van der Waals surface area contributed by atoms with Gasteiger partial charge in [0.05, 0.1) is 11.3 Å². The molecule has 1 aliphatic rings. The van der Waals surface area contributed by atoms with Crippen LogP contribution in [0, 0.1) is 0 Å². The molecule has 1 aromatic rings. The van der Waals surface area contributed by atoms with Crippen LogP contribution in [0.3, 0.4) is 0 Å². The lowest BCUT2D eigenvalue weighted by Gasteiger charge is -2.29. The summed E-state index contributed by atoms with van der Waals surface area (Å²) in [6.07, 6.45) is 1.79. The first-order chi connectivity index (χ1) is 9.47. The number of carbonyl (C=O) groups is 1. The zero-order chi connectivity index (χ0) is 14.7. The predicted octanol–water partition coefficient (Wildman–Crippen LogP) is 1.59. The Kier molecular flexibility index (Phi) is 4.49. The molecule has 2 rings (SSSR count). The van der Waals surface area contributed by atoms with Crippen molar-refractivity contribution in [2.45, 2.75) is 18.9 Å². The summed E-state index contributed by atoms with van der Waals surface area (Å²) in [5.41, 5.74) is 7.73. The fraction of sp³-hybridized carbons (Fsp3) is 0.533. The Bertz CT molecular complexity index is 480. The SMILES string of the molecule is CN1CCC(OC(=O)c2cc(N)ccc2N(C)C)CC1. The normalized spacial score (nSPS) is 16.9. The Morgan fingerprint density at radius 1 is 1.35 bits per heavy atom. The number of benzene rings is 1. The summed E-state index contributed by atoms with van der Waals surface area (Å²) < 4.78 is 5.62. The summed E-state index contributed by atoms with van der Waals surface area (Å²) in [6.45, 7) is 1.94. The second kappa shape index (κ2) is 6.13. The molecule has 5 heteroatoms. The average molecular weight is 277 g/mol. The zero-order valence-corrected chi connectivity index (χ0v) is 12.4. The van der Waals surface area contributed by atoms with E-state index < -0.39 is 0 Å². The van der Waals surface area contributed by atoms with Crippen LogP contribution in [0.2, 0.25) is 0 Å². The van der Waals surface area contributed by atoms with Gasteiger partial charge in [0, 0.05) is 32.9 Å². The number of ether oxygens (including phenoxy) is 1. The van der Waals surface area contributed by atoms with Gasteiger partial charge in [0.2, 0.25) is 0 Å². The van der Waals surface area contributed by atoms with Crippen molar-refractivity contribution in [2.24, 2.45) is 0 Å². The van der Waals surface area contributed by atoms with Crippen molar-refractivity contribution in [1.82, 2.24) is 4.90 Å². The van der Waals surface area contributed by atoms with E-state index in [0.29, 0.717) is 11.3 Å². The summed E-state index contributed by atoms with van der Waals surface area (Å²) in [5, 5.41) is 0. The van der Waals surface area contributed by atoms with Gasteiger partial charge < -0.3 is 20.3 Å². The van der Waals surface area contributed by atoms with E-state index in [4.69, 9.17) is 10.5 Å². The van der Waals surface area contributed by atoms with Crippen LogP contribution in [0.1, 0.15) is 23.2 Å². The lowest BCUT2D eigenvalue weighted by atomic mass is 10.1. The number of nitrogens with zero attached hydrogens (tertiary/aromatic N) is 2. The van der Waals surface area contributed by atoms with E-state index in [9.17, 15) is 4.79 Å². The third-order valence-electron chi connectivity index (χ3n) is 3.66. The molecule has 0 unspecified atom stereocenters. The van der Waals surface area contributed by atoms with E-state index in [-0.39, 0.29) is 12.1 Å². The summed E-state index contributed by atoms with van der Waals surface area (Å²) in [4.78, 5) is 16.5. The van der Waals surface area contributed by atoms with Crippen LogP contribution in [0.4, 0.5) is 11.4 Å². The summed E-state index contributed by atoms with van der Waals surface area (Å²) in [5.74, 6) is -0.282. The van der Waals surface area contributed by atoms with Gasteiger partial charge in [-0.05, 0) is 38.1 Å². The third kappa shape index (κ3) is 3.42. The third-order valence-corrected chi connectivity index (χ3v) is 3.66. The van der Waals surface area contributed by atoms with Crippen molar-refractivity contribution in [1.29, 1.82) is 0 Å². The second-order valence-corrected chi connectivity index (χ2v) is 5.58. The molecule has 2 N–H and O–H groups in total. The number of rotatable bonds is 3. The predicted molar refractivity (Wildman–Crippen MR) is 81.1 cm³/mol. The van der Waals surface area contributed by atoms with Gasteiger partial charge in [-0.2, -0.15) is 0 Å². The van der Waals surface area contributed by atoms with E-state index in [1.165, 1.54) is 0 Å². The maximum atomic E-state index is 12.4. The van der Waals surface area contributed by atoms with Crippen molar-refractivity contribution in [2.75, 3.05) is 44.9 Å². The van der Waals surface area contributed by atoms with Crippen LogP contribution >= 0.6 is 0 Å². The number of likely N-dealkylation sites (tertiary alicyclic amines) is 1. The van der Waals surface area contributed by atoms with Crippen molar-refractivity contribution in [3.05, 3.63) is 23.8 Å². The van der Waals surface area contributed by atoms with Gasteiger partial charge in [0.1, 0.15) is 6.10 Å². The number of esters is 1. The number of piperidine rings is 1. The number of hydrogen-bond donors (Lipinski definition) is 1. The zero-order valence-electron chi connectivity index (χ0n) is 12.4. The molecular formula is C15H23N3O2. The number of hydrogen-bond acceptors (Lipinski definition) is 5. The van der Waals surface area contributed by atoms with Gasteiger partial charge in [-0.1, -0.05) is 0 Å². The number of nitrogen functional groups attached to an aromatic ring is 1. The first-order valence-electron chi connectivity index (χ1n) is 6.93. The molecular weight excluding hydrogens is 254 g/mol. The van der Waals surface area contributed by atoms with Gasteiger partial charge in [-0.3, -0.25) is 0 Å². The van der Waals surface area contributed by atoms with Crippen molar-refractivity contribution in [3.8, 4) is 0 Å². The molecule has 1 heterocycles. The standard InChI is InChI=1S/C15H23N3O2/c1-17(2)14-5-4-11(16)10-13(14)15(19)20-12-6-8-18(3)9-7-12/h4-5,10,12H,6-9,16H2,1-3H3. The maximum absolute atomic E-state index is 12.4. The molecule has 0 bridgehead atoms. The first kappa shape index (κ1) is 14.7. The Balaban J connectivity index is 2.10. The molecule has 1 aromatic carbocycles. The van der Waals surface area contributed by atoms with Gasteiger partial charge in [-0.25, -0.2) is 4.79 Å². The molecule has 1 saturated heterocycles. The molecule has 0 amide bonds.